The average Bonchev–Trinajstić information content (AvgIpc) is 2.16. The van der Waals surface area contributed by atoms with Crippen LogP contribution >= 0.6 is 0 Å². The van der Waals surface area contributed by atoms with Crippen molar-refractivity contribution in [2.24, 2.45) is 11.7 Å². The molecule has 0 aromatic carbocycles. The molecule has 1 rings (SSSR count). The van der Waals surface area contributed by atoms with Crippen LogP contribution < -0.4 is 11.1 Å². The zero-order chi connectivity index (χ0) is 12.2. The molecule has 0 aromatic heterocycles. The van der Waals surface area contributed by atoms with Gasteiger partial charge in [-0.3, -0.25) is 4.79 Å². The molecule has 1 saturated heterocycles. The summed E-state index contributed by atoms with van der Waals surface area (Å²) in [5.74, 6) is 0.328. The van der Waals surface area contributed by atoms with Crippen molar-refractivity contribution in [1.82, 2.24) is 10.2 Å². The summed E-state index contributed by atoms with van der Waals surface area (Å²) in [4.78, 5) is 14.3. The van der Waals surface area contributed by atoms with E-state index in [0.717, 1.165) is 32.5 Å². The Balaban J connectivity index is 2.44. The van der Waals surface area contributed by atoms with Crippen molar-refractivity contribution in [2.75, 3.05) is 26.2 Å². The molecule has 1 aliphatic rings. The summed E-state index contributed by atoms with van der Waals surface area (Å²) >= 11 is 0. The molecule has 0 aromatic rings. The van der Waals surface area contributed by atoms with Crippen LogP contribution in [0.3, 0.4) is 0 Å². The summed E-state index contributed by atoms with van der Waals surface area (Å²) in [5, 5.41) is 3.05. The minimum Gasteiger partial charge on any atom is -0.351 e. The highest BCUT2D eigenvalue weighted by atomic mass is 16.2. The zero-order valence-electron chi connectivity index (χ0n) is 10.8. The molecule has 1 aliphatic heterocycles. The molecule has 4 heteroatoms. The van der Waals surface area contributed by atoms with Gasteiger partial charge in [-0.15, -0.1) is 0 Å². The Morgan fingerprint density at radius 2 is 2.19 bits per heavy atom. The number of hydrogen-bond donors (Lipinski definition) is 2. The van der Waals surface area contributed by atoms with E-state index < -0.39 is 0 Å². The monoisotopic (exact) mass is 227 g/mol. The molecule has 1 heterocycles. The van der Waals surface area contributed by atoms with Gasteiger partial charge in [0.15, 0.2) is 0 Å². The first kappa shape index (κ1) is 13.5. The molecule has 94 valence electrons. The van der Waals surface area contributed by atoms with Gasteiger partial charge in [0, 0.05) is 25.2 Å². The number of nitrogens with zero attached hydrogens (tertiary/aromatic N) is 1. The summed E-state index contributed by atoms with van der Waals surface area (Å²) in [6.45, 7) is 9.57. The van der Waals surface area contributed by atoms with Crippen LogP contribution in [-0.4, -0.2) is 42.5 Å². The van der Waals surface area contributed by atoms with E-state index in [-0.39, 0.29) is 17.4 Å². The van der Waals surface area contributed by atoms with Crippen molar-refractivity contribution < 1.29 is 4.79 Å². The van der Waals surface area contributed by atoms with E-state index in [2.05, 4.69) is 10.2 Å². The fourth-order valence-corrected chi connectivity index (χ4v) is 2.13. The predicted octanol–water partition coefficient (Wildman–Crippen LogP) is 0.572. The summed E-state index contributed by atoms with van der Waals surface area (Å²) in [6.07, 6.45) is 2.10. The minimum absolute atomic E-state index is 0.132. The van der Waals surface area contributed by atoms with Crippen molar-refractivity contribution in [1.29, 1.82) is 0 Å². The largest absolute Gasteiger partial charge is 0.351 e. The minimum atomic E-state index is -0.132. The van der Waals surface area contributed by atoms with Gasteiger partial charge in [0.25, 0.3) is 0 Å². The van der Waals surface area contributed by atoms with Crippen LogP contribution in [0.4, 0.5) is 0 Å². The summed E-state index contributed by atoms with van der Waals surface area (Å²) < 4.78 is 0. The number of amides is 1. The van der Waals surface area contributed by atoms with Crippen LogP contribution in [0.5, 0.6) is 0 Å². The Labute approximate surface area is 98.6 Å². The summed E-state index contributed by atoms with van der Waals surface area (Å²) in [6, 6.07) is 0. The van der Waals surface area contributed by atoms with Gasteiger partial charge in [0.2, 0.25) is 5.91 Å². The molecule has 0 saturated carbocycles. The second-order valence-electron chi connectivity index (χ2n) is 5.67. The molecule has 0 aliphatic carbocycles. The lowest BCUT2D eigenvalue weighted by atomic mass is 9.95. The van der Waals surface area contributed by atoms with E-state index in [4.69, 9.17) is 5.73 Å². The van der Waals surface area contributed by atoms with Gasteiger partial charge in [0.05, 0.1) is 5.92 Å². The molecule has 1 fully saturated rings. The average molecular weight is 227 g/mol. The van der Waals surface area contributed by atoms with Gasteiger partial charge >= 0.3 is 0 Å². The molecular weight excluding hydrogens is 202 g/mol. The highest BCUT2D eigenvalue weighted by Crippen LogP contribution is 2.17. The lowest BCUT2D eigenvalue weighted by Gasteiger charge is -2.33. The lowest BCUT2D eigenvalue weighted by Crippen LogP contribution is -2.49. The van der Waals surface area contributed by atoms with E-state index in [0.29, 0.717) is 6.54 Å². The van der Waals surface area contributed by atoms with Crippen LogP contribution in [-0.2, 0) is 4.79 Å². The molecule has 3 N–H and O–H groups in total. The second kappa shape index (κ2) is 5.64. The Hall–Kier alpha value is -0.610. The van der Waals surface area contributed by atoms with Crippen LogP contribution in [0.15, 0.2) is 0 Å². The normalized spacial score (nSPS) is 23.1. The Kier molecular flexibility index (Phi) is 4.74. The van der Waals surface area contributed by atoms with Crippen LogP contribution in [0.25, 0.3) is 0 Å². The Bertz CT molecular complexity index is 233. The molecule has 0 radical (unpaired) electrons. The zero-order valence-corrected chi connectivity index (χ0v) is 10.8. The van der Waals surface area contributed by atoms with Gasteiger partial charge in [-0.25, -0.2) is 0 Å². The molecule has 16 heavy (non-hydrogen) atoms. The first-order chi connectivity index (χ1) is 7.42. The number of rotatable bonds is 3. The number of carbonyl (C=O) groups excluding carboxylic acids is 1. The molecule has 0 bridgehead atoms. The fraction of sp³-hybridized carbons (Fsp3) is 0.917. The fourth-order valence-electron chi connectivity index (χ4n) is 2.13. The van der Waals surface area contributed by atoms with Crippen molar-refractivity contribution >= 4 is 5.91 Å². The van der Waals surface area contributed by atoms with Gasteiger partial charge < -0.3 is 16.0 Å². The highest BCUT2D eigenvalue weighted by molar-refractivity contribution is 5.79. The van der Waals surface area contributed by atoms with E-state index >= 15 is 0 Å². The number of carbonyl (C=O) groups is 1. The number of likely N-dealkylation sites (tertiary alicyclic amines) is 1. The summed E-state index contributed by atoms with van der Waals surface area (Å²) in [5.41, 5.74) is 5.41. The third-order valence-electron chi connectivity index (χ3n) is 2.82. The quantitative estimate of drug-likeness (QED) is 0.741. The highest BCUT2D eigenvalue weighted by Gasteiger charge is 2.27. The van der Waals surface area contributed by atoms with E-state index in [9.17, 15) is 4.79 Å². The maximum atomic E-state index is 12.0. The maximum absolute atomic E-state index is 12.0. The number of hydrogen-bond acceptors (Lipinski definition) is 3. The van der Waals surface area contributed by atoms with Crippen molar-refractivity contribution in [2.45, 2.75) is 39.2 Å². The third kappa shape index (κ3) is 4.49. The first-order valence-electron chi connectivity index (χ1n) is 6.17. The van der Waals surface area contributed by atoms with E-state index in [1.54, 1.807) is 0 Å². The molecule has 1 amide bonds. The summed E-state index contributed by atoms with van der Waals surface area (Å²) in [7, 11) is 0. The van der Waals surface area contributed by atoms with Crippen molar-refractivity contribution in [3.63, 3.8) is 0 Å². The van der Waals surface area contributed by atoms with Crippen LogP contribution in [0, 0.1) is 5.92 Å². The van der Waals surface area contributed by atoms with E-state index in [1.807, 2.05) is 20.8 Å². The first-order valence-corrected chi connectivity index (χ1v) is 6.17. The predicted molar refractivity (Wildman–Crippen MR) is 66.1 cm³/mol. The van der Waals surface area contributed by atoms with Gasteiger partial charge in [-0.1, -0.05) is 0 Å². The molecule has 0 spiro atoms. The van der Waals surface area contributed by atoms with E-state index in [1.165, 1.54) is 0 Å². The van der Waals surface area contributed by atoms with Gasteiger partial charge in [-0.2, -0.15) is 0 Å². The molecule has 1 atom stereocenters. The number of piperidine rings is 1. The SMILES string of the molecule is CC(C)(C)NC(=O)[C@H]1CCCN(CCN)C1. The molecular formula is C12H25N3O. The third-order valence-corrected chi connectivity index (χ3v) is 2.82. The Morgan fingerprint density at radius 3 is 2.75 bits per heavy atom. The van der Waals surface area contributed by atoms with Crippen molar-refractivity contribution in [3.8, 4) is 0 Å². The van der Waals surface area contributed by atoms with Crippen LogP contribution in [0.2, 0.25) is 0 Å². The Morgan fingerprint density at radius 1 is 1.50 bits per heavy atom. The van der Waals surface area contributed by atoms with Crippen LogP contribution in [0.1, 0.15) is 33.6 Å². The standard InChI is InChI=1S/C12H25N3O/c1-12(2,3)14-11(16)10-5-4-7-15(9-10)8-6-13/h10H,4-9,13H2,1-3H3,(H,14,16)/t10-/m0/s1. The van der Waals surface area contributed by atoms with Crippen molar-refractivity contribution in [3.05, 3.63) is 0 Å². The molecule has 4 nitrogen and oxygen atoms in total. The maximum Gasteiger partial charge on any atom is 0.224 e. The number of nitrogens with two attached hydrogens (primary N) is 1. The molecule has 0 unspecified atom stereocenters. The van der Waals surface area contributed by atoms with Gasteiger partial charge in [0.1, 0.15) is 0 Å². The topological polar surface area (TPSA) is 58.4 Å². The number of nitrogens with one attached hydrogen (secondary N) is 1. The lowest BCUT2D eigenvalue weighted by molar-refractivity contribution is -0.128. The van der Waals surface area contributed by atoms with Gasteiger partial charge in [-0.05, 0) is 40.2 Å². The smallest absolute Gasteiger partial charge is 0.224 e. The second-order valence-corrected chi connectivity index (χ2v) is 5.67.